The van der Waals surface area contributed by atoms with Gasteiger partial charge in [0.2, 0.25) is 0 Å². The van der Waals surface area contributed by atoms with E-state index < -0.39 is 5.54 Å². The van der Waals surface area contributed by atoms with Crippen LogP contribution in [0.15, 0.2) is 30.3 Å². The van der Waals surface area contributed by atoms with E-state index in [-0.39, 0.29) is 30.4 Å². The number of hydrogen-bond acceptors (Lipinski definition) is 4. The summed E-state index contributed by atoms with van der Waals surface area (Å²) < 4.78 is 0. The summed E-state index contributed by atoms with van der Waals surface area (Å²) in [5, 5.41) is 2.94. The van der Waals surface area contributed by atoms with Crippen molar-refractivity contribution in [2.75, 3.05) is 26.2 Å². The number of nitrogens with zero attached hydrogens (tertiary/aromatic N) is 2. The minimum Gasteiger partial charge on any atom is -0.326 e. The second kappa shape index (κ2) is 7.55. The number of halogens is 1. The molecule has 0 unspecified atom stereocenters. The van der Waals surface area contributed by atoms with Gasteiger partial charge in [0.15, 0.2) is 0 Å². The maximum Gasteiger partial charge on any atom is 0.325 e. The Hall–Kier alpha value is -1.63. The largest absolute Gasteiger partial charge is 0.326 e. The monoisotopic (exact) mass is 378 g/mol. The van der Waals surface area contributed by atoms with Crippen molar-refractivity contribution >= 4 is 24.3 Å². The summed E-state index contributed by atoms with van der Waals surface area (Å²) in [6, 6.07) is 10.2. The fourth-order valence-corrected chi connectivity index (χ4v) is 4.59. The van der Waals surface area contributed by atoms with Crippen LogP contribution in [0.5, 0.6) is 0 Å². The molecule has 3 N–H and O–H groups in total. The summed E-state index contributed by atoms with van der Waals surface area (Å²) in [5.74, 6) is 0.281. The molecule has 1 aromatic carbocycles. The van der Waals surface area contributed by atoms with Crippen LogP contribution in [0.2, 0.25) is 0 Å². The van der Waals surface area contributed by atoms with Crippen molar-refractivity contribution in [3.63, 3.8) is 0 Å². The highest BCUT2D eigenvalue weighted by atomic mass is 35.5. The third kappa shape index (κ3) is 3.33. The van der Waals surface area contributed by atoms with Crippen LogP contribution in [0.3, 0.4) is 0 Å². The zero-order valence-corrected chi connectivity index (χ0v) is 15.7. The first-order chi connectivity index (χ1) is 12.1. The molecule has 0 bridgehead atoms. The fourth-order valence-electron chi connectivity index (χ4n) is 4.59. The van der Waals surface area contributed by atoms with Gasteiger partial charge in [-0.3, -0.25) is 14.6 Å². The van der Waals surface area contributed by atoms with E-state index in [2.05, 4.69) is 22.3 Å². The molecule has 142 valence electrons. The number of urea groups is 1. The molecule has 1 saturated carbocycles. The van der Waals surface area contributed by atoms with Gasteiger partial charge in [0.05, 0.1) is 0 Å². The third-order valence-electron chi connectivity index (χ3n) is 6.01. The number of imide groups is 1. The van der Waals surface area contributed by atoms with Gasteiger partial charge in [0, 0.05) is 38.1 Å². The van der Waals surface area contributed by atoms with Crippen LogP contribution < -0.4 is 11.1 Å². The molecule has 7 heteroatoms. The molecule has 0 radical (unpaired) electrons. The molecule has 3 aliphatic rings. The van der Waals surface area contributed by atoms with E-state index in [0.29, 0.717) is 19.0 Å². The highest BCUT2D eigenvalue weighted by molar-refractivity contribution is 6.07. The van der Waals surface area contributed by atoms with Gasteiger partial charge in [-0.1, -0.05) is 43.2 Å². The molecule has 1 aliphatic carbocycles. The number of carbonyl (C=O) groups excluding carboxylic acids is 2. The molecule has 1 spiro atoms. The smallest absolute Gasteiger partial charge is 0.325 e. The Morgan fingerprint density at radius 2 is 1.77 bits per heavy atom. The van der Waals surface area contributed by atoms with Crippen LogP contribution in [-0.2, 0) is 4.79 Å². The first-order valence-electron chi connectivity index (χ1n) is 9.26. The van der Waals surface area contributed by atoms with Gasteiger partial charge in [-0.25, -0.2) is 4.79 Å². The summed E-state index contributed by atoms with van der Waals surface area (Å²) in [7, 11) is 0. The number of nitrogens with two attached hydrogens (primary N) is 1. The summed E-state index contributed by atoms with van der Waals surface area (Å²) in [6.07, 6.45) is 3.58. The van der Waals surface area contributed by atoms with E-state index in [1.165, 1.54) is 10.5 Å². The first-order valence-corrected chi connectivity index (χ1v) is 9.26. The van der Waals surface area contributed by atoms with Crippen LogP contribution in [-0.4, -0.2) is 59.5 Å². The molecule has 2 aliphatic heterocycles. The van der Waals surface area contributed by atoms with Crippen molar-refractivity contribution in [2.24, 2.45) is 5.73 Å². The topological polar surface area (TPSA) is 78.7 Å². The SMILES string of the molecule is Cl.N[C@@H]1CN(CCN2C(=O)NC3(CCCC3)C2=O)C[C@H]1c1ccccc1. The van der Waals surface area contributed by atoms with Gasteiger partial charge in [0.25, 0.3) is 5.91 Å². The van der Waals surface area contributed by atoms with E-state index in [9.17, 15) is 9.59 Å². The number of likely N-dealkylation sites (tertiary alicyclic amines) is 1. The summed E-state index contributed by atoms with van der Waals surface area (Å²) in [6.45, 7) is 2.81. The lowest BCUT2D eigenvalue weighted by Crippen LogP contribution is -2.44. The second-order valence-electron chi connectivity index (χ2n) is 7.62. The van der Waals surface area contributed by atoms with Gasteiger partial charge in [-0.05, 0) is 18.4 Å². The first kappa shape index (κ1) is 19.1. The summed E-state index contributed by atoms with van der Waals surface area (Å²) in [4.78, 5) is 28.6. The molecule has 2 atom stereocenters. The zero-order chi connectivity index (χ0) is 17.4. The minimum atomic E-state index is -0.606. The van der Waals surface area contributed by atoms with Crippen molar-refractivity contribution in [3.05, 3.63) is 35.9 Å². The molecule has 4 rings (SSSR count). The van der Waals surface area contributed by atoms with E-state index in [1.54, 1.807) is 0 Å². The highest BCUT2D eigenvalue weighted by Gasteiger charge is 2.52. The summed E-state index contributed by atoms with van der Waals surface area (Å²) >= 11 is 0. The van der Waals surface area contributed by atoms with Crippen LogP contribution in [0.4, 0.5) is 4.79 Å². The maximum atomic E-state index is 12.7. The molecule has 0 aromatic heterocycles. The normalized spacial score (nSPS) is 27.8. The number of hydrogen-bond donors (Lipinski definition) is 2. The molecule has 2 heterocycles. The van der Waals surface area contributed by atoms with Crippen molar-refractivity contribution in [1.82, 2.24) is 15.1 Å². The molecule has 6 nitrogen and oxygen atoms in total. The standard InChI is InChI=1S/C19H26N4O2.ClH/c20-16-13-22(12-15(16)14-6-2-1-3-7-14)10-11-23-17(24)19(21-18(23)25)8-4-5-9-19;/h1-3,6-7,15-16H,4-5,8-13,20H2,(H,21,25);1H/t15-,16+;/m0./s1. The van der Waals surface area contributed by atoms with Crippen molar-refractivity contribution < 1.29 is 9.59 Å². The Morgan fingerprint density at radius 3 is 2.46 bits per heavy atom. The van der Waals surface area contributed by atoms with E-state index >= 15 is 0 Å². The van der Waals surface area contributed by atoms with E-state index in [0.717, 1.165) is 38.8 Å². The lowest BCUT2D eigenvalue weighted by Gasteiger charge is -2.22. The fraction of sp³-hybridized carbons (Fsp3) is 0.579. The lowest BCUT2D eigenvalue weighted by atomic mass is 9.95. The maximum absolute atomic E-state index is 12.7. The van der Waals surface area contributed by atoms with Crippen molar-refractivity contribution in [1.29, 1.82) is 0 Å². The van der Waals surface area contributed by atoms with Crippen LogP contribution in [0.25, 0.3) is 0 Å². The van der Waals surface area contributed by atoms with Gasteiger partial charge >= 0.3 is 6.03 Å². The van der Waals surface area contributed by atoms with Gasteiger partial charge < -0.3 is 11.1 Å². The summed E-state index contributed by atoms with van der Waals surface area (Å²) in [5.41, 5.74) is 6.99. The van der Waals surface area contributed by atoms with Crippen molar-refractivity contribution in [2.45, 2.75) is 43.2 Å². The predicted octanol–water partition coefficient (Wildman–Crippen LogP) is 1.70. The molecular formula is C19H27ClN4O2. The van der Waals surface area contributed by atoms with E-state index in [1.807, 2.05) is 18.2 Å². The highest BCUT2D eigenvalue weighted by Crippen LogP contribution is 2.35. The Morgan fingerprint density at radius 1 is 1.08 bits per heavy atom. The number of benzene rings is 1. The van der Waals surface area contributed by atoms with Crippen LogP contribution in [0, 0.1) is 0 Å². The molecule has 26 heavy (non-hydrogen) atoms. The number of carbonyl (C=O) groups is 2. The van der Waals surface area contributed by atoms with Crippen LogP contribution in [0.1, 0.15) is 37.2 Å². The number of nitrogens with one attached hydrogen (secondary N) is 1. The number of rotatable bonds is 4. The Labute approximate surface area is 160 Å². The minimum absolute atomic E-state index is 0. The Balaban J connectivity index is 0.00000196. The molecule has 1 aromatic rings. The van der Waals surface area contributed by atoms with Gasteiger partial charge in [-0.15, -0.1) is 12.4 Å². The molecule has 2 saturated heterocycles. The van der Waals surface area contributed by atoms with Gasteiger partial charge in [0.1, 0.15) is 5.54 Å². The molecule has 3 amide bonds. The Kier molecular flexibility index (Phi) is 5.55. The van der Waals surface area contributed by atoms with E-state index in [4.69, 9.17) is 5.73 Å². The quantitative estimate of drug-likeness (QED) is 0.781. The average molecular weight is 379 g/mol. The lowest BCUT2D eigenvalue weighted by molar-refractivity contribution is -0.131. The van der Waals surface area contributed by atoms with Crippen molar-refractivity contribution in [3.8, 4) is 0 Å². The average Bonchev–Trinajstić information content (AvgIpc) is 3.28. The molecular weight excluding hydrogens is 352 g/mol. The molecule has 3 fully saturated rings. The van der Waals surface area contributed by atoms with Crippen LogP contribution >= 0.6 is 12.4 Å². The second-order valence-corrected chi connectivity index (χ2v) is 7.62. The Bertz CT molecular complexity index is 663. The van der Waals surface area contributed by atoms with Gasteiger partial charge in [-0.2, -0.15) is 0 Å². The third-order valence-corrected chi connectivity index (χ3v) is 6.01. The number of amides is 3. The zero-order valence-electron chi connectivity index (χ0n) is 14.9. The predicted molar refractivity (Wildman–Crippen MR) is 102 cm³/mol.